The highest BCUT2D eigenvalue weighted by Crippen LogP contribution is 2.03. The number of rotatable bonds is 6. The average molecular weight is 206 g/mol. The van der Waals surface area contributed by atoms with Crippen molar-refractivity contribution < 1.29 is 4.79 Å². The van der Waals surface area contributed by atoms with Crippen LogP contribution >= 0.6 is 11.6 Å². The molecule has 0 aliphatic carbocycles. The topological polar surface area (TPSA) is 29.1 Å². The summed E-state index contributed by atoms with van der Waals surface area (Å²) in [5.74, 6) is 0.740. The third kappa shape index (κ3) is 9.68. The van der Waals surface area contributed by atoms with Gasteiger partial charge in [-0.1, -0.05) is 13.8 Å². The number of carbonyl (C=O) groups is 1. The van der Waals surface area contributed by atoms with Crippen molar-refractivity contribution >= 4 is 17.5 Å². The molecule has 0 aromatic rings. The molecule has 0 saturated carbocycles. The van der Waals surface area contributed by atoms with Crippen molar-refractivity contribution in [2.24, 2.45) is 5.92 Å². The third-order valence-corrected chi connectivity index (χ3v) is 2.03. The van der Waals surface area contributed by atoms with Crippen molar-refractivity contribution in [2.45, 2.75) is 45.4 Å². The fourth-order valence-corrected chi connectivity index (χ4v) is 1.03. The van der Waals surface area contributed by atoms with E-state index in [2.05, 4.69) is 19.2 Å². The van der Waals surface area contributed by atoms with E-state index in [1.54, 1.807) is 0 Å². The first-order valence-electron chi connectivity index (χ1n) is 4.93. The van der Waals surface area contributed by atoms with Gasteiger partial charge in [-0.25, -0.2) is 0 Å². The zero-order valence-corrected chi connectivity index (χ0v) is 9.53. The Morgan fingerprint density at radius 3 is 2.38 bits per heavy atom. The lowest BCUT2D eigenvalue weighted by atomic mass is 10.1. The zero-order valence-electron chi connectivity index (χ0n) is 8.77. The summed E-state index contributed by atoms with van der Waals surface area (Å²) in [6, 6.07) is 0. The minimum atomic E-state index is 0.144. The molecule has 1 N–H and O–H groups in total. The summed E-state index contributed by atoms with van der Waals surface area (Å²) in [5, 5.41) is 2.99. The highest BCUT2D eigenvalue weighted by atomic mass is 35.5. The highest BCUT2D eigenvalue weighted by Gasteiger charge is 2.03. The Morgan fingerprint density at radius 2 is 1.92 bits per heavy atom. The lowest BCUT2D eigenvalue weighted by Crippen LogP contribution is -2.25. The Balaban J connectivity index is 3.30. The molecule has 0 rings (SSSR count). The predicted molar refractivity (Wildman–Crippen MR) is 57.0 cm³/mol. The molecular weight excluding hydrogens is 186 g/mol. The second-order valence-electron chi connectivity index (χ2n) is 3.85. The van der Waals surface area contributed by atoms with Gasteiger partial charge in [0.15, 0.2) is 0 Å². The van der Waals surface area contributed by atoms with Crippen LogP contribution in [0.5, 0.6) is 0 Å². The Kier molecular flexibility index (Phi) is 7.06. The van der Waals surface area contributed by atoms with Gasteiger partial charge in [0.25, 0.3) is 0 Å². The molecule has 1 atom stereocenters. The van der Waals surface area contributed by atoms with Crippen molar-refractivity contribution in [2.75, 3.05) is 6.54 Å². The number of carbonyl (C=O) groups excluding carboxylic acids is 1. The second-order valence-corrected chi connectivity index (χ2v) is 4.60. The van der Waals surface area contributed by atoms with Crippen molar-refractivity contribution in [3.8, 4) is 0 Å². The van der Waals surface area contributed by atoms with Gasteiger partial charge in [0.05, 0.1) is 0 Å². The minimum absolute atomic E-state index is 0.144. The largest absolute Gasteiger partial charge is 0.356 e. The maximum Gasteiger partial charge on any atom is 0.220 e. The zero-order chi connectivity index (χ0) is 10.3. The fraction of sp³-hybridized carbons (Fsp3) is 0.900. The first-order chi connectivity index (χ1) is 6.02. The van der Waals surface area contributed by atoms with E-state index < -0.39 is 0 Å². The van der Waals surface area contributed by atoms with Crippen molar-refractivity contribution in [1.29, 1.82) is 0 Å². The van der Waals surface area contributed by atoms with Crippen LogP contribution in [0, 0.1) is 5.92 Å². The molecule has 3 heteroatoms. The molecule has 0 radical (unpaired) electrons. The summed E-state index contributed by atoms with van der Waals surface area (Å²) in [6.07, 6.45) is 2.44. The lowest BCUT2D eigenvalue weighted by Gasteiger charge is -2.07. The predicted octanol–water partition coefficient (Wildman–Crippen LogP) is 2.56. The molecule has 13 heavy (non-hydrogen) atoms. The lowest BCUT2D eigenvalue weighted by molar-refractivity contribution is -0.121. The first kappa shape index (κ1) is 12.8. The van der Waals surface area contributed by atoms with Gasteiger partial charge in [-0.2, -0.15) is 0 Å². The van der Waals surface area contributed by atoms with Crippen LogP contribution in [0.3, 0.4) is 0 Å². The van der Waals surface area contributed by atoms with Crippen LogP contribution < -0.4 is 5.32 Å². The second kappa shape index (κ2) is 7.19. The molecule has 0 aromatic carbocycles. The maximum absolute atomic E-state index is 11.2. The summed E-state index contributed by atoms with van der Waals surface area (Å²) in [7, 11) is 0. The summed E-state index contributed by atoms with van der Waals surface area (Å²) in [5.41, 5.74) is 0. The van der Waals surface area contributed by atoms with Gasteiger partial charge < -0.3 is 5.32 Å². The fourth-order valence-electron chi connectivity index (χ4n) is 0.919. The van der Waals surface area contributed by atoms with E-state index in [4.69, 9.17) is 11.6 Å². The highest BCUT2D eigenvalue weighted by molar-refractivity contribution is 6.20. The third-order valence-electron chi connectivity index (χ3n) is 1.81. The normalized spacial score (nSPS) is 13.0. The first-order valence-corrected chi connectivity index (χ1v) is 5.36. The van der Waals surface area contributed by atoms with E-state index in [1.165, 1.54) is 0 Å². The molecule has 2 nitrogen and oxygen atoms in total. The van der Waals surface area contributed by atoms with Crippen LogP contribution in [0.25, 0.3) is 0 Å². The number of nitrogens with one attached hydrogen (secondary N) is 1. The molecule has 0 aliphatic rings. The van der Waals surface area contributed by atoms with E-state index in [9.17, 15) is 4.79 Å². The summed E-state index contributed by atoms with van der Waals surface area (Å²) in [4.78, 5) is 11.2. The van der Waals surface area contributed by atoms with Crippen LogP contribution in [0.15, 0.2) is 0 Å². The molecule has 0 saturated heterocycles. The van der Waals surface area contributed by atoms with Crippen molar-refractivity contribution in [1.82, 2.24) is 5.32 Å². The van der Waals surface area contributed by atoms with Crippen LogP contribution in [-0.4, -0.2) is 17.8 Å². The van der Waals surface area contributed by atoms with Crippen molar-refractivity contribution in [3.05, 3.63) is 0 Å². The molecule has 1 amide bonds. The van der Waals surface area contributed by atoms with Gasteiger partial charge in [0.1, 0.15) is 0 Å². The summed E-state index contributed by atoms with van der Waals surface area (Å²) in [6.45, 7) is 6.87. The van der Waals surface area contributed by atoms with Crippen molar-refractivity contribution in [3.63, 3.8) is 0 Å². The van der Waals surface area contributed by atoms with Gasteiger partial charge in [-0.15, -0.1) is 11.6 Å². The Labute approximate surface area is 86.0 Å². The monoisotopic (exact) mass is 205 g/mol. The average Bonchev–Trinajstić information content (AvgIpc) is 2.00. The van der Waals surface area contributed by atoms with E-state index in [1.807, 2.05) is 6.92 Å². The van der Waals surface area contributed by atoms with E-state index in [0.29, 0.717) is 18.9 Å². The molecule has 0 heterocycles. The van der Waals surface area contributed by atoms with Crippen LogP contribution in [0.2, 0.25) is 0 Å². The van der Waals surface area contributed by atoms with Gasteiger partial charge in [-0.05, 0) is 25.7 Å². The Hall–Kier alpha value is -0.240. The molecule has 0 aromatic heterocycles. The molecule has 0 bridgehead atoms. The molecule has 0 aliphatic heterocycles. The SMILES string of the molecule is CC(C)CCC(=O)NCCC(C)Cl. The number of hydrogen-bond acceptors (Lipinski definition) is 1. The van der Waals surface area contributed by atoms with Gasteiger partial charge in [0, 0.05) is 18.3 Å². The molecule has 1 unspecified atom stereocenters. The summed E-state index contributed by atoms with van der Waals surface area (Å²) < 4.78 is 0. The molecule has 0 spiro atoms. The summed E-state index contributed by atoms with van der Waals surface area (Å²) >= 11 is 5.74. The maximum atomic E-state index is 11.2. The Morgan fingerprint density at radius 1 is 1.31 bits per heavy atom. The molecular formula is C10H20ClNO. The standard InChI is InChI=1S/C10H20ClNO/c1-8(2)4-5-10(13)12-7-6-9(3)11/h8-9H,4-7H2,1-3H3,(H,12,13). The van der Waals surface area contributed by atoms with E-state index >= 15 is 0 Å². The number of halogens is 1. The quantitative estimate of drug-likeness (QED) is 0.664. The smallest absolute Gasteiger partial charge is 0.220 e. The molecule has 78 valence electrons. The Bertz CT molecular complexity index is 146. The number of hydrogen-bond donors (Lipinski definition) is 1. The van der Waals surface area contributed by atoms with Crippen LogP contribution in [0.4, 0.5) is 0 Å². The van der Waals surface area contributed by atoms with Gasteiger partial charge in [-0.3, -0.25) is 4.79 Å². The number of amides is 1. The van der Waals surface area contributed by atoms with Gasteiger partial charge in [0.2, 0.25) is 5.91 Å². The van der Waals surface area contributed by atoms with Crippen LogP contribution in [-0.2, 0) is 4.79 Å². The van der Waals surface area contributed by atoms with E-state index in [-0.39, 0.29) is 11.3 Å². The van der Waals surface area contributed by atoms with Crippen LogP contribution in [0.1, 0.15) is 40.0 Å². The number of alkyl halides is 1. The van der Waals surface area contributed by atoms with E-state index in [0.717, 1.165) is 12.8 Å². The molecule has 0 fully saturated rings. The minimum Gasteiger partial charge on any atom is -0.356 e. The van der Waals surface area contributed by atoms with Gasteiger partial charge >= 0.3 is 0 Å².